The van der Waals surface area contributed by atoms with Crippen molar-refractivity contribution in [2.24, 2.45) is 0 Å². The molecule has 124 valence electrons. The number of rotatable bonds is 6. The van der Waals surface area contributed by atoms with Gasteiger partial charge in [-0.1, -0.05) is 18.5 Å². The van der Waals surface area contributed by atoms with Gasteiger partial charge in [0.25, 0.3) is 5.91 Å². The molecule has 0 saturated carbocycles. The molecule has 1 N–H and O–H groups in total. The molecule has 1 rings (SSSR count). The van der Waals surface area contributed by atoms with Crippen LogP contribution in [0.25, 0.3) is 0 Å². The molecule has 5 nitrogen and oxygen atoms in total. The average Bonchev–Trinajstić information content (AvgIpc) is 2.45. The number of hydrogen-bond donors (Lipinski definition) is 1. The van der Waals surface area contributed by atoms with Crippen molar-refractivity contribution in [3.8, 4) is 0 Å². The van der Waals surface area contributed by atoms with Gasteiger partial charge in [0, 0.05) is 19.1 Å². The number of nitrogens with one attached hydrogen (secondary N) is 1. The topological polar surface area (TPSA) is 66.5 Å². The van der Waals surface area contributed by atoms with Crippen LogP contribution in [0.4, 0.5) is 0 Å². The Balaban J connectivity index is 3.22. The summed E-state index contributed by atoms with van der Waals surface area (Å²) >= 11 is 6.04. The molecule has 0 aliphatic carbocycles. The fourth-order valence-electron chi connectivity index (χ4n) is 1.69. The zero-order chi connectivity index (χ0) is 17.1. The molecule has 0 aromatic heterocycles. The number of nitrogens with zero attached hydrogens (tertiary/aromatic N) is 1. The van der Waals surface area contributed by atoms with Gasteiger partial charge in [0.15, 0.2) is 0 Å². The highest BCUT2D eigenvalue weighted by atomic mass is 35.5. The fourth-order valence-corrected chi connectivity index (χ4v) is 3.28. The summed E-state index contributed by atoms with van der Waals surface area (Å²) in [5, 5.41) is 3.01. The Morgan fingerprint density at radius 1 is 1.32 bits per heavy atom. The molecular weight excluding hydrogens is 324 g/mol. The van der Waals surface area contributed by atoms with E-state index in [-0.39, 0.29) is 33.5 Å². The molecule has 1 aromatic carbocycles. The van der Waals surface area contributed by atoms with E-state index in [0.29, 0.717) is 0 Å². The highest BCUT2D eigenvalue weighted by molar-refractivity contribution is 7.89. The molecule has 0 bridgehead atoms. The smallest absolute Gasteiger partial charge is 0.253 e. The van der Waals surface area contributed by atoms with E-state index in [1.54, 1.807) is 13.8 Å². The molecule has 1 aromatic rings. The third-order valence-corrected chi connectivity index (χ3v) is 5.94. The van der Waals surface area contributed by atoms with Crippen LogP contribution in [0.15, 0.2) is 23.1 Å². The van der Waals surface area contributed by atoms with E-state index in [0.717, 1.165) is 6.42 Å². The van der Waals surface area contributed by atoms with Gasteiger partial charge in [0.1, 0.15) is 0 Å². The molecule has 0 heterocycles. The lowest BCUT2D eigenvalue weighted by Crippen LogP contribution is -2.34. The maximum atomic E-state index is 12.5. The summed E-state index contributed by atoms with van der Waals surface area (Å²) in [7, 11) is -2.14. The van der Waals surface area contributed by atoms with Gasteiger partial charge in [-0.25, -0.2) is 8.42 Å². The van der Waals surface area contributed by atoms with E-state index >= 15 is 0 Å². The Labute approximate surface area is 137 Å². The first kappa shape index (κ1) is 18.9. The number of benzene rings is 1. The lowest BCUT2D eigenvalue weighted by atomic mass is 10.2. The summed E-state index contributed by atoms with van der Waals surface area (Å²) in [4.78, 5) is 12.3. The van der Waals surface area contributed by atoms with Gasteiger partial charge >= 0.3 is 0 Å². The molecule has 0 fully saturated rings. The minimum absolute atomic E-state index is 0.0119. The molecule has 1 unspecified atom stereocenters. The fraction of sp³-hybridized carbons (Fsp3) is 0.533. The van der Waals surface area contributed by atoms with Crippen molar-refractivity contribution in [3.63, 3.8) is 0 Å². The first-order valence-corrected chi connectivity index (χ1v) is 9.01. The monoisotopic (exact) mass is 346 g/mol. The minimum atomic E-state index is -3.65. The maximum Gasteiger partial charge on any atom is 0.253 e. The second kappa shape index (κ2) is 7.44. The number of hydrogen-bond acceptors (Lipinski definition) is 3. The molecule has 0 aliphatic rings. The Kier molecular flexibility index (Phi) is 6.40. The van der Waals surface area contributed by atoms with Crippen LogP contribution in [-0.4, -0.2) is 37.8 Å². The summed E-state index contributed by atoms with van der Waals surface area (Å²) < 4.78 is 26.2. The van der Waals surface area contributed by atoms with Crippen molar-refractivity contribution >= 4 is 27.5 Å². The minimum Gasteiger partial charge on any atom is -0.350 e. The molecule has 0 aliphatic heterocycles. The third-order valence-electron chi connectivity index (χ3n) is 3.58. The highest BCUT2D eigenvalue weighted by Gasteiger charge is 2.25. The number of carbonyl (C=O) groups is 1. The van der Waals surface area contributed by atoms with Crippen LogP contribution in [0.2, 0.25) is 5.02 Å². The Morgan fingerprint density at radius 3 is 2.41 bits per heavy atom. The Hall–Kier alpha value is -1.11. The molecular formula is C15H23ClN2O3S. The largest absolute Gasteiger partial charge is 0.350 e. The summed E-state index contributed by atoms with van der Waals surface area (Å²) in [6.45, 7) is 7.39. The van der Waals surface area contributed by atoms with Gasteiger partial charge in [-0.2, -0.15) is 4.31 Å². The van der Waals surface area contributed by atoms with Crippen molar-refractivity contribution in [2.75, 3.05) is 7.05 Å². The van der Waals surface area contributed by atoms with Gasteiger partial charge in [-0.3, -0.25) is 4.79 Å². The van der Waals surface area contributed by atoms with Crippen LogP contribution in [0.3, 0.4) is 0 Å². The SMILES string of the molecule is CCC(C)NC(=O)c1cc(S(=O)(=O)N(C)C(C)C)ccc1Cl. The zero-order valence-corrected chi connectivity index (χ0v) is 15.1. The second-order valence-electron chi connectivity index (χ2n) is 5.54. The van der Waals surface area contributed by atoms with Crippen molar-refractivity contribution in [1.82, 2.24) is 9.62 Å². The van der Waals surface area contributed by atoms with Crippen LogP contribution in [-0.2, 0) is 10.0 Å². The van der Waals surface area contributed by atoms with E-state index < -0.39 is 10.0 Å². The molecule has 0 spiro atoms. The first-order chi connectivity index (χ1) is 10.1. The number of amides is 1. The molecule has 0 radical (unpaired) electrons. The highest BCUT2D eigenvalue weighted by Crippen LogP contribution is 2.23. The predicted molar refractivity (Wildman–Crippen MR) is 88.8 cm³/mol. The first-order valence-electron chi connectivity index (χ1n) is 7.19. The van der Waals surface area contributed by atoms with Crippen LogP contribution in [0.1, 0.15) is 44.5 Å². The Morgan fingerprint density at radius 2 is 1.91 bits per heavy atom. The van der Waals surface area contributed by atoms with E-state index in [9.17, 15) is 13.2 Å². The molecule has 1 atom stereocenters. The number of carbonyl (C=O) groups excluding carboxylic acids is 1. The molecule has 22 heavy (non-hydrogen) atoms. The van der Waals surface area contributed by atoms with E-state index in [1.165, 1.54) is 29.6 Å². The summed E-state index contributed by atoms with van der Waals surface area (Å²) in [6, 6.07) is 3.99. The molecule has 0 saturated heterocycles. The maximum absolute atomic E-state index is 12.5. The Bertz CT molecular complexity index is 644. The van der Waals surface area contributed by atoms with Crippen molar-refractivity contribution in [1.29, 1.82) is 0 Å². The molecule has 1 amide bonds. The van der Waals surface area contributed by atoms with E-state index in [4.69, 9.17) is 11.6 Å². The molecule has 7 heteroatoms. The van der Waals surface area contributed by atoms with Gasteiger partial charge in [0.05, 0.1) is 15.5 Å². The zero-order valence-electron chi connectivity index (χ0n) is 13.6. The normalized spacial score (nSPS) is 13.5. The van der Waals surface area contributed by atoms with Crippen LogP contribution >= 0.6 is 11.6 Å². The average molecular weight is 347 g/mol. The standard InChI is InChI=1S/C15H23ClN2O3S/c1-6-11(4)17-15(19)13-9-12(7-8-14(13)16)22(20,21)18(5)10(2)3/h7-11H,6H2,1-5H3,(H,17,19). The van der Waals surface area contributed by atoms with Crippen molar-refractivity contribution in [3.05, 3.63) is 28.8 Å². The predicted octanol–water partition coefficient (Wildman–Crippen LogP) is 2.90. The van der Waals surface area contributed by atoms with Crippen molar-refractivity contribution < 1.29 is 13.2 Å². The lowest BCUT2D eigenvalue weighted by molar-refractivity contribution is 0.0939. The summed E-state index contributed by atoms with van der Waals surface area (Å²) in [6.07, 6.45) is 0.775. The van der Waals surface area contributed by atoms with E-state index in [1.807, 2.05) is 13.8 Å². The van der Waals surface area contributed by atoms with Gasteiger partial charge in [-0.15, -0.1) is 0 Å². The summed E-state index contributed by atoms with van der Waals surface area (Å²) in [5.41, 5.74) is 0.167. The second-order valence-corrected chi connectivity index (χ2v) is 7.94. The lowest BCUT2D eigenvalue weighted by Gasteiger charge is -2.21. The number of halogens is 1. The number of sulfonamides is 1. The van der Waals surface area contributed by atoms with Crippen LogP contribution in [0, 0.1) is 0 Å². The van der Waals surface area contributed by atoms with Crippen LogP contribution in [0.5, 0.6) is 0 Å². The van der Waals surface area contributed by atoms with Gasteiger partial charge < -0.3 is 5.32 Å². The van der Waals surface area contributed by atoms with Crippen molar-refractivity contribution in [2.45, 2.75) is 51.1 Å². The quantitative estimate of drug-likeness (QED) is 0.861. The van der Waals surface area contributed by atoms with Gasteiger partial charge in [-0.05, 0) is 45.4 Å². The summed E-state index contributed by atoms with van der Waals surface area (Å²) in [5.74, 6) is -0.372. The third kappa shape index (κ3) is 4.21. The van der Waals surface area contributed by atoms with Crippen LogP contribution < -0.4 is 5.32 Å². The van der Waals surface area contributed by atoms with Gasteiger partial charge in [0.2, 0.25) is 10.0 Å². The van der Waals surface area contributed by atoms with E-state index in [2.05, 4.69) is 5.32 Å².